The first kappa shape index (κ1) is 24.4. The number of para-hydroxylation sites is 1. The van der Waals surface area contributed by atoms with Crippen LogP contribution in [0.25, 0.3) is 0 Å². The second-order valence-electron chi connectivity index (χ2n) is 7.25. The molecule has 0 aliphatic carbocycles. The zero-order valence-corrected chi connectivity index (χ0v) is 19.4. The first-order valence-electron chi connectivity index (χ1n) is 10.1. The van der Waals surface area contributed by atoms with Crippen molar-refractivity contribution in [2.45, 2.75) is 37.9 Å². The maximum atomic E-state index is 12.6. The molecular weight excluding hydrogens is 412 g/mol. The highest BCUT2D eigenvalue weighted by molar-refractivity contribution is 7.89. The Bertz CT molecular complexity index is 986. The number of hydrogen-bond donors (Lipinski definition) is 2. The highest BCUT2D eigenvalue weighted by Gasteiger charge is 2.22. The molecule has 2 N–H and O–H groups in total. The Balaban J connectivity index is 1.96. The number of ether oxygens (including phenoxy) is 1. The van der Waals surface area contributed by atoms with Crippen molar-refractivity contribution in [3.8, 4) is 5.75 Å². The summed E-state index contributed by atoms with van der Waals surface area (Å²) in [5, 5.41) is 6.51. The number of nitrogens with one attached hydrogen (secondary N) is 2. The first-order chi connectivity index (χ1) is 14.8. The van der Waals surface area contributed by atoms with Crippen molar-refractivity contribution in [1.82, 2.24) is 14.9 Å². The van der Waals surface area contributed by atoms with Crippen molar-refractivity contribution in [3.63, 3.8) is 0 Å². The predicted molar refractivity (Wildman–Crippen MR) is 126 cm³/mol. The molecule has 8 heteroatoms. The number of aliphatic imine (C=N–C) groups is 1. The van der Waals surface area contributed by atoms with Crippen LogP contribution in [0.5, 0.6) is 5.75 Å². The number of benzene rings is 2. The summed E-state index contributed by atoms with van der Waals surface area (Å²) in [6.45, 7) is 8.87. The molecule has 0 atom stereocenters. The summed E-state index contributed by atoms with van der Waals surface area (Å²) in [6, 6.07) is 14.6. The monoisotopic (exact) mass is 444 g/mol. The van der Waals surface area contributed by atoms with Crippen LogP contribution >= 0.6 is 0 Å². The Hall–Kier alpha value is -2.84. The van der Waals surface area contributed by atoms with E-state index in [4.69, 9.17) is 4.74 Å². The predicted octanol–water partition coefficient (Wildman–Crippen LogP) is 3.15. The van der Waals surface area contributed by atoms with Gasteiger partial charge in [-0.3, -0.25) is 4.99 Å². The van der Waals surface area contributed by atoms with Gasteiger partial charge >= 0.3 is 0 Å². The fraction of sp³-hybridized carbons (Fsp3) is 0.348. The quantitative estimate of drug-likeness (QED) is 0.334. The van der Waals surface area contributed by atoms with Gasteiger partial charge in [-0.25, -0.2) is 8.42 Å². The van der Waals surface area contributed by atoms with Gasteiger partial charge in [0.25, 0.3) is 0 Å². The number of hydrogen-bond acceptors (Lipinski definition) is 4. The lowest BCUT2D eigenvalue weighted by Gasteiger charge is -2.21. The molecular formula is C23H32N4O3S. The minimum Gasteiger partial charge on any atom is -0.489 e. The van der Waals surface area contributed by atoms with E-state index in [0.717, 1.165) is 16.9 Å². The van der Waals surface area contributed by atoms with Gasteiger partial charge in [-0.1, -0.05) is 43.0 Å². The van der Waals surface area contributed by atoms with Gasteiger partial charge in [0.15, 0.2) is 5.96 Å². The molecule has 0 bridgehead atoms. The molecule has 2 aromatic carbocycles. The van der Waals surface area contributed by atoms with Crippen LogP contribution in [0.1, 0.15) is 25.0 Å². The Morgan fingerprint density at radius 3 is 2.39 bits per heavy atom. The maximum Gasteiger partial charge on any atom is 0.243 e. The zero-order valence-electron chi connectivity index (χ0n) is 18.6. The van der Waals surface area contributed by atoms with E-state index in [1.54, 1.807) is 44.4 Å². The van der Waals surface area contributed by atoms with Crippen LogP contribution in [-0.2, 0) is 23.1 Å². The fourth-order valence-corrected chi connectivity index (χ4v) is 4.12. The molecule has 0 spiro atoms. The molecule has 0 saturated carbocycles. The van der Waals surface area contributed by atoms with E-state index in [9.17, 15) is 8.42 Å². The van der Waals surface area contributed by atoms with E-state index in [0.29, 0.717) is 25.7 Å². The Labute approximate surface area is 185 Å². The topological polar surface area (TPSA) is 83.0 Å². The second kappa shape index (κ2) is 11.5. The van der Waals surface area contributed by atoms with Crippen molar-refractivity contribution in [2.75, 3.05) is 20.7 Å². The van der Waals surface area contributed by atoms with E-state index in [2.05, 4.69) is 22.2 Å². The molecule has 2 rings (SSSR count). The molecule has 0 saturated heterocycles. The third-order valence-electron chi connectivity index (χ3n) is 4.79. The molecule has 0 aliphatic rings. The summed E-state index contributed by atoms with van der Waals surface area (Å²) < 4.78 is 32.2. The van der Waals surface area contributed by atoms with Crippen LogP contribution in [0, 0.1) is 0 Å². The Kier molecular flexibility index (Phi) is 9.08. The lowest BCUT2D eigenvalue weighted by Crippen LogP contribution is -2.36. The van der Waals surface area contributed by atoms with E-state index in [1.807, 2.05) is 38.1 Å². The largest absolute Gasteiger partial charge is 0.489 e. The standard InChI is InChI=1S/C23H32N4O3S/c1-6-15-30-22-10-8-7-9-20(22)17-26-23(24-4)25-16-19-11-13-21(14-12-19)31(28,29)27(5)18(2)3/h6-14,18H,1,15-17H2,2-5H3,(H2,24,25,26). The summed E-state index contributed by atoms with van der Waals surface area (Å²) in [6.07, 6.45) is 1.71. The number of rotatable bonds is 10. The zero-order chi connectivity index (χ0) is 22.9. The molecule has 31 heavy (non-hydrogen) atoms. The molecule has 0 unspecified atom stereocenters. The Morgan fingerprint density at radius 1 is 1.13 bits per heavy atom. The number of nitrogens with zero attached hydrogens (tertiary/aromatic N) is 2. The molecule has 7 nitrogen and oxygen atoms in total. The third kappa shape index (κ3) is 6.83. The SMILES string of the molecule is C=CCOc1ccccc1CNC(=NC)NCc1ccc(S(=O)(=O)N(C)C(C)C)cc1. The van der Waals surface area contributed by atoms with Gasteiger partial charge in [-0.15, -0.1) is 0 Å². The van der Waals surface area contributed by atoms with E-state index in [1.165, 1.54) is 4.31 Å². The molecule has 0 fully saturated rings. The van der Waals surface area contributed by atoms with Crippen LogP contribution in [0.15, 0.2) is 71.1 Å². The highest BCUT2D eigenvalue weighted by Crippen LogP contribution is 2.18. The summed E-state index contributed by atoms with van der Waals surface area (Å²) in [5.41, 5.74) is 1.96. The van der Waals surface area contributed by atoms with Gasteiger partial charge in [-0.05, 0) is 37.6 Å². The fourth-order valence-electron chi connectivity index (χ4n) is 2.75. The summed E-state index contributed by atoms with van der Waals surface area (Å²) in [7, 11) is -0.192. The normalized spacial score (nSPS) is 12.1. The second-order valence-corrected chi connectivity index (χ2v) is 9.24. The molecule has 2 aromatic rings. The van der Waals surface area contributed by atoms with Gasteiger partial charge in [0.2, 0.25) is 10.0 Å². The van der Waals surface area contributed by atoms with Gasteiger partial charge in [-0.2, -0.15) is 4.31 Å². The minimum atomic E-state index is -3.48. The molecule has 0 aromatic heterocycles. The van der Waals surface area contributed by atoms with Crippen LogP contribution < -0.4 is 15.4 Å². The first-order valence-corrected chi connectivity index (χ1v) is 11.6. The highest BCUT2D eigenvalue weighted by atomic mass is 32.2. The Morgan fingerprint density at radius 2 is 1.77 bits per heavy atom. The van der Waals surface area contributed by atoms with Gasteiger partial charge in [0.05, 0.1) is 4.90 Å². The van der Waals surface area contributed by atoms with E-state index in [-0.39, 0.29) is 10.9 Å². The average molecular weight is 445 g/mol. The minimum absolute atomic E-state index is 0.104. The van der Waals surface area contributed by atoms with Crippen LogP contribution in [0.4, 0.5) is 0 Å². The van der Waals surface area contributed by atoms with Gasteiger partial charge in [0, 0.05) is 38.8 Å². The summed E-state index contributed by atoms with van der Waals surface area (Å²) in [4.78, 5) is 4.53. The molecule has 0 radical (unpaired) electrons. The van der Waals surface area contributed by atoms with Crippen LogP contribution in [0.2, 0.25) is 0 Å². The van der Waals surface area contributed by atoms with Crippen molar-refractivity contribution in [3.05, 3.63) is 72.3 Å². The maximum absolute atomic E-state index is 12.6. The van der Waals surface area contributed by atoms with Crippen LogP contribution in [-0.4, -0.2) is 45.4 Å². The lowest BCUT2D eigenvalue weighted by molar-refractivity contribution is 0.358. The van der Waals surface area contributed by atoms with E-state index >= 15 is 0 Å². The number of guanidine groups is 1. The third-order valence-corrected chi connectivity index (χ3v) is 6.83. The molecule has 0 aliphatic heterocycles. The van der Waals surface area contributed by atoms with Gasteiger partial charge in [0.1, 0.15) is 12.4 Å². The molecule has 168 valence electrons. The van der Waals surface area contributed by atoms with Crippen molar-refractivity contribution >= 4 is 16.0 Å². The van der Waals surface area contributed by atoms with Crippen molar-refractivity contribution in [1.29, 1.82) is 0 Å². The summed E-state index contributed by atoms with van der Waals surface area (Å²) >= 11 is 0. The van der Waals surface area contributed by atoms with Crippen molar-refractivity contribution < 1.29 is 13.2 Å². The van der Waals surface area contributed by atoms with Gasteiger partial charge < -0.3 is 15.4 Å². The van der Waals surface area contributed by atoms with E-state index < -0.39 is 10.0 Å². The molecule has 0 amide bonds. The van der Waals surface area contributed by atoms with Crippen molar-refractivity contribution in [2.24, 2.45) is 4.99 Å². The molecule has 0 heterocycles. The lowest BCUT2D eigenvalue weighted by atomic mass is 10.2. The smallest absolute Gasteiger partial charge is 0.243 e. The summed E-state index contributed by atoms with van der Waals surface area (Å²) in [5.74, 6) is 1.43. The number of sulfonamides is 1. The van der Waals surface area contributed by atoms with Crippen LogP contribution in [0.3, 0.4) is 0 Å². The average Bonchev–Trinajstić information content (AvgIpc) is 2.78.